The molecule has 0 saturated carbocycles. The number of aromatic nitrogens is 4. The van der Waals surface area contributed by atoms with Crippen LogP contribution in [0.1, 0.15) is 17.4 Å². The van der Waals surface area contributed by atoms with Crippen LogP contribution in [0.5, 0.6) is 0 Å². The molecule has 1 aliphatic heterocycles. The monoisotopic (exact) mass is 587 g/mol. The van der Waals surface area contributed by atoms with Gasteiger partial charge in [-0.3, -0.25) is 27.5 Å². The molecule has 218 valence electrons. The summed E-state index contributed by atoms with van der Waals surface area (Å²) in [5.74, 6) is -0.125. The van der Waals surface area contributed by atoms with Crippen molar-refractivity contribution in [3.05, 3.63) is 88.5 Å². The molecule has 1 saturated heterocycles. The minimum absolute atomic E-state index is 0.0188. The lowest BCUT2D eigenvalue weighted by Crippen LogP contribution is -2.57. The van der Waals surface area contributed by atoms with Gasteiger partial charge in [-0.25, -0.2) is 9.55 Å². The largest absolute Gasteiger partial charge is 0.475 e. The Morgan fingerprint density at radius 2 is 1.59 bits per heavy atom. The van der Waals surface area contributed by atoms with E-state index in [-0.39, 0.29) is 30.3 Å². The molecule has 1 fully saturated rings. The smallest absolute Gasteiger partial charge is 0.394 e. The number of nitrogens with zero attached hydrogens (tertiary/aromatic N) is 4. The molecule has 2 aromatic carbocycles. The van der Waals surface area contributed by atoms with E-state index in [0.717, 1.165) is 4.57 Å². The van der Waals surface area contributed by atoms with Crippen LogP contribution < -0.4 is 11.3 Å². The summed E-state index contributed by atoms with van der Waals surface area (Å²) >= 11 is 0. The number of phosphoric ester groups is 1. The van der Waals surface area contributed by atoms with Crippen molar-refractivity contribution in [2.24, 2.45) is 7.05 Å². The molecule has 3 heterocycles. The van der Waals surface area contributed by atoms with Crippen LogP contribution in [0.4, 0.5) is 5.95 Å². The maximum atomic E-state index is 14.1. The molecule has 0 spiro atoms. The number of nitrogens with two attached hydrogens (primary N) is 1. The summed E-state index contributed by atoms with van der Waals surface area (Å²) in [7, 11) is -3.07. The van der Waals surface area contributed by atoms with Gasteiger partial charge in [0.1, 0.15) is 24.4 Å². The number of fused-ring (bicyclic) bond motifs is 1. The number of rotatable bonds is 10. The Morgan fingerprint density at radius 3 is 2.15 bits per heavy atom. The Morgan fingerprint density at radius 1 is 1.00 bits per heavy atom. The maximum Gasteiger partial charge on any atom is 0.475 e. The third-order valence-electron chi connectivity index (χ3n) is 6.67. The van der Waals surface area contributed by atoms with E-state index >= 15 is 0 Å². The molecular formula is C26H30N5O9P. The summed E-state index contributed by atoms with van der Waals surface area (Å²) in [5.41, 5.74) is 6.63. The van der Waals surface area contributed by atoms with E-state index < -0.39 is 50.6 Å². The number of aliphatic hydroxyl groups is 3. The van der Waals surface area contributed by atoms with Crippen molar-refractivity contribution in [1.29, 1.82) is 0 Å². The Balaban J connectivity index is 1.51. The number of aliphatic hydroxyl groups excluding tert-OH is 3. The van der Waals surface area contributed by atoms with Gasteiger partial charge in [0.2, 0.25) is 5.95 Å². The normalized spacial score (nSPS) is 23.2. The van der Waals surface area contributed by atoms with E-state index in [1.54, 1.807) is 48.5 Å². The van der Waals surface area contributed by atoms with E-state index in [4.69, 9.17) is 24.0 Å². The summed E-state index contributed by atoms with van der Waals surface area (Å²) in [5, 5.41) is 31.6. The number of benzene rings is 2. The molecule has 0 amide bonds. The van der Waals surface area contributed by atoms with Crippen LogP contribution in [0, 0.1) is 0 Å². The first-order valence-corrected chi connectivity index (χ1v) is 14.1. The zero-order chi connectivity index (χ0) is 29.1. The average molecular weight is 588 g/mol. The van der Waals surface area contributed by atoms with Crippen molar-refractivity contribution in [3.8, 4) is 0 Å². The van der Waals surface area contributed by atoms with Crippen LogP contribution in [-0.4, -0.2) is 65.4 Å². The number of nitrogen functional groups attached to an aromatic ring is 1. The van der Waals surface area contributed by atoms with Gasteiger partial charge < -0.3 is 25.8 Å². The zero-order valence-corrected chi connectivity index (χ0v) is 22.9. The van der Waals surface area contributed by atoms with E-state index in [2.05, 4.69) is 9.97 Å². The van der Waals surface area contributed by atoms with Gasteiger partial charge in [-0.2, -0.15) is 4.98 Å². The highest BCUT2D eigenvalue weighted by Crippen LogP contribution is 2.54. The lowest BCUT2D eigenvalue weighted by molar-refractivity contribution is -0.247. The molecular weight excluding hydrogens is 557 g/mol. The van der Waals surface area contributed by atoms with Gasteiger partial charge in [-0.1, -0.05) is 60.7 Å². The third kappa shape index (κ3) is 6.10. The highest BCUT2D eigenvalue weighted by atomic mass is 31.2. The second-order valence-corrected chi connectivity index (χ2v) is 11.0. The molecule has 0 unspecified atom stereocenters. The van der Waals surface area contributed by atoms with Gasteiger partial charge in [-0.15, -0.1) is 0 Å². The van der Waals surface area contributed by atoms with Crippen molar-refractivity contribution in [1.82, 2.24) is 19.1 Å². The standard InChI is InChI=1S/C26H30N5O9P/c1-30-24(35)19-23(29-26(30)27)31(15-28-19)25-22(21(34)20(33)18(12-32)39-25)40-41(36,37-13-16-8-4-2-5-9-16)38-14-17-10-6-3-7-11-17/h2-11,15,18,20-22,25,32-34H,12-14H2,1H3,(H2,27,29)/t18-,20-,21+,22-,25-/m1/s1. The van der Waals surface area contributed by atoms with Crippen LogP contribution in [0.25, 0.3) is 11.2 Å². The predicted octanol–water partition coefficient (Wildman–Crippen LogP) is 1.25. The van der Waals surface area contributed by atoms with Crippen molar-refractivity contribution < 1.29 is 38.2 Å². The number of hydrogen-bond acceptors (Lipinski definition) is 12. The molecule has 15 heteroatoms. The molecule has 5 rings (SSSR count). The van der Waals surface area contributed by atoms with Crippen LogP contribution >= 0.6 is 7.82 Å². The van der Waals surface area contributed by atoms with Crippen molar-refractivity contribution in [2.75, 3.05) is 12.3 Å². The topological polar surface area (TPSA) is 193 Å². The van der Waals surface area contributed by atoms with Crippen LogP contribution in [-0.2, 0) is 43.1 Å². The van der Waals surface area contributed by atoms with Gasteiger partial charge in [0.15, 0.2) is 17.4 Å². The summed E-state index contributed by atoms with van der Waals surface area (Å²) in [4.78, 5) is 21.0. The van der Waals surface area contributed by atoms with Gasteiger partial charge in [0, 0.05) is 7.05 Å². The quantitative estimate of drug-likeness (QED) is 0.194. The summed E-state index contributed by atoms with van der Waals surface area (Å²) in [6.07, 6.45) is -6.46. The zero-order valence-electron chi connectivity index (χ0n) is 22.0. The minimum atomic E-state index is -4.50. The number of hydrogen-bond donors (Lipinski definition) is 4. The first kappa shape index (κ1) is 29.0. The Bertz CT molecular complexity index is 1540. The third-order valence-corrected chi connectivity index (χ3v) is 8.06. The maximum absolute atomic E-state index is 14.1. The first-order chi connectivity index (χ1) is 19.7. The highest BCUT2D eigenvalue weighted by molar-refractivity contribution is 7.48. The number of phosphoric acid groups is 1. The van der Waals surface area contributed by atoms with Crippen molar-refractivity contribution in [2.45, 2.75) is 43.9 Å². The molecule has 5 atom stereocenters. The molecule has 0 aliphatic carbocycles. The van der Waals surface area contributed by atoms with Crippen molar-refractivity contribution in [3.63, 3.8) is 0 Å². The lowest BCUT2D eigenvalue weighted by Gasteiger charge is -2.42. The van der Waals surface area contributed by atoms with E-state index in [0.29, 0.717) is 11.1 Å². The lowest BCUT2D eigenvalue weighted by atomic mass is 9.98. The fraction of sp³-hybridized carbons (Fsp3) is 0.346. The van der Waals surface area contributed by atoms with Gasteiger partial charge in [-0.05, 0) is 11.1 Å². The second-order valence-electron chi connectivity index (χ2n) is 9.42. The Labute approximate surface area is 234 Å². The predicted molar refractivity (Wildman–Crippen MR) is 145 cm³/mol. The van der Waals surface area contributed by atoms with Crippen LogP contribution in [0.15, 0.2) is 71.8 Å². The summed E-state index contributed by atoms with van der Waals surface area (Å²) < 4.78 is 39.6. The summed E-state index contributed by atoms with van der Waals surface area (Å²) in [6, 6.07) is 17.8. The van der Waals surface area contributed by atoms with Gasteiger partial charge >= 0.3 is 7.82 Å². The van der Waals surface area contributed by atoms with E-state index in [9.17, 15) is 24.7 Å². The number of anilines is 1. The molecule has 4 aromatic rings. The van der Waals surface area contributed by atoms with E-state index in [1.807, 2.05) is 12.1 Å². The molecule has 2 aromatic heterocycles. The molecule has 14 nitrogen and oxygen atoms in total. The summed E-state index contributed by atoms with van der Waals surface area (Å²) in [6.45, 7) is -0.992. The number of imidazole rings is 1. The van der Waals surface area contributed by atoms with Gasteiger partial charge in [0.05, 0.1) is 26.1 Å². The van der Waals surface area contributed by atoms with Crippen LogP contribution in [0.3, 0.4) is 0 Å². The van der Waals surface area contributed by atoms with Gasteiger partial charge in [0.25, 0.3) is 5.56 Å². The first-order valence-electron chi connectivity index (χ1n) is 12.7. The average Bonchev–Trinajstić information content (AvgIpc) is 3.41. The SMILES string of the molecule is Cn1c(N)nc2c(ncn2[C@@H]2O[C@H](CO)[C@@H](O)[C@H](O)[C@H]2OP(=O)(OCc2ccccc2)OCc2ccccc2)c1=O. The fourth-order valence-electron chi connectivity index (χ4n) is 4.36. The van der Waals surface area contributed by atoms with Crippen LogP contribution in [0.2, 0.25) is 0 Å². The second kappa shape index (κ2) is 12.2. The molecule has 41 heavy (non-hydrogen) atoms. The minimum Gasteiger partial charge on any atom is -0.394 e. The Hall–Kier alpha value is -3.46. The molecule has 0 radical (unpaired) electrons. The molecule has 1 aliphatic rings. The Kier molecular flexibility index (Phi) is 8.63. The van der Waals surface area contributed by atoms with Crippen molar-refractivity contribution >= 4 is 24.9 Å². The molecule has 0 bridgehead atoms. The number of ether oxygens (including phenoxy) is 1. The highest BCUT2D eigenvalue weighted by Gasteiger charge is 2.50. The fourth-order valence-corrected chi connectivity index (χ4v) is 5.70. The molecule has 5 N–H and O–H groups in total. The van der Waals surface area contributed by atoms with E-state index in [1.165, 1.54) is 17.9 Å².